The quantitative estimate of drug-likeness (QED) is 0.366. The van der Waals surface area contributed by atoms with E-state index in [9.17, 15) is 9.59 Å². The van der Waals surface area contributed by atoms with Gasteiger partial charge in [0, 0.05) is 25.4 Å². The van der Waals surface area contributed by atoms with Gasteiger partial charge in [-0.1, -0.05) is 36.5 Å². The van der Waals surface area contributed by atoms with E-state index in [-0.39, 0.29) is 11.2 Å². The molecule has 32 heavy (non-hydrogen) atoms. The molecule has 0 aliphatic heterocycles. The Morgan fingerprint density at radius 1 is 1.12 bits per heavy atom. The number of fused-ring (bicyclic) bond motifs is 1. The summed E-state index contributed by atoms with van der Waals surface area (Å²) in [7, 11) is 0. The van der Waals surface area contributed by atoms with Gasteiger partial charge in [0.05, 0.1) is 18.3 Å². The number of halogens is 1. The fraction of sp³-hybridized carbons (Fsp3) is 0.455. The fourth-order valence-electron chi connectivity index (χ4n) is 3.91. The molecular weight excluding hydrogens is 432 g/mol. The first-order chi connectivity index (χ1) is 15.5. The average Bonchev–Trinajstić information content (AvgIpc) is 3.48. The van der Waals surface area contributed by atoms with Gasteiger partial charge in [-0.3, -0.25) is 18.6 Å². The van der Waals surface area contributed by atoms with Gasteiger partial charge in [-0.2, -0.15) is 5.10 Å². The van der Waals surface area contributed by atoms with Crippen molar-refractivity contribution in [2.75, 3.05) is 0 Å². The maximum absolute atomic E-state index is 13.1. The van der Waals surface area contributed by atoms with Gasteiger partial charge in [0.2, 0.25) is 0 Å². The predicted octanol–water partition coefficient (Wildman–Crippen LogP) is 3.51. The lowest BCUT2D eigenvalue weighted by Crippen LogP contribution is -2.40. The van der Waals surface area contributed by atoms with Crippen LogP contribution in [0.4, 0.5) is 0 Å². The number of nitrogens with zero attached hydrogens (tertiary/aromatic N) is 5. The Hall–Kier alpha value is -3.07. The van der Waals surface area contributed by atoms with Crippen LogP contribution in [0.1, 0.15) is 49.6 Å². The first-order valence-corrected chi connectivity index (χ1v) is 11.3. The van der Waals surface area contributed by atoms with Crippen LogP contribution in [0.25, 0.3) is 11.0 Å². The fourth-order valence-corrected chi connectivity index (χ4v) is 4.11. The summed E-state index contributed by atoms with van der Waals surface area (Å²) in [5.41, 5.74) is 2.17. The molecule has 0 aliphatic rings. The Morgan fingerprint density at radius 3 is 2.69 bits per heavy atom. The van der Waals surface area contributed by atoms with Crippen molar-refractivity contribution in [1.82, 2.24) is 29.1 Å². The summed E-state index contributed by atoms with van der Waals surface area (Å²) >= 11 is 6.10. The molecule has 4 heterocycles. The van der Waals surface area contributed by atoms with Crippen LogP contribution >= 0.6 is 11.6 Å². The Morgan fingerprint density at radius 2 is 1.94 bits per heavy atom. The minimum Gasteiger partial charge on any atom is -0.361 e. The van der Waals surface area contributed by atoms with Crippen molar-refractivity contribution in [3.63, 3.8) is 0 Å². The van der Waals surface area contributed by atoms with Crippen molar-refractivity contribution in [2.24, 2.45) is 0 Å². The molecule has 0 atom stereocenters. The van der Waals surface area contributed by atoms with Crippen molar-refractivity contribution >= 4 is 22.6 Å². The second-order valence-electron chi connectivity index (χ2n) is 8.05. The summed E-state index contributed by atoms with van der Waals surface area (Å²) in [6.45, 7) is 5.38. The summed E-state index contributed by atoms with van der Waals surface area (Å²) in [4.78, 5) is 28.9. The molecule has 4 aromatic heterocycles. The molecule has 0 radical (unpaired) electrons. The molecule has 0 aliphatic carbocycles. The molecule has 0 fully saturated rings. The van der Waals surface area contributed by atoms with Gasteiger partial charge in [0.1, 0.15) is 22.1 Å². The zero-order chi connectivity index (χ0) is 22.7. The van der Waals surface area contributed by atoms with E-state index in [4.69, 9.17) is 16.1 Å². The molecule has 0 bridgehead atoms. The van der Waals surface area contributed by atoms with Gasteiger partial charge >= 0.3 is 5.69 Å². The van der Waals surface area contributed by atoms with Crippen LogP contribution in [-0.4, -0.2) is 29.1 Å². The van der Waals surface area contributed by atoms with Crippen LogP contribution in [0.15, 0.2) is 38.6 Å². The molecule has 0 spiro atoms. The lowest BCUT2D eigenvalue weighted by Gasteiger charge is -2.11. The summed E-state index contributed by atoms with van der Waals surface area (Å²) < 4.78 is 9.85. The molecule has 0 saturated carbocycles. The van der Waals surface area contributed by atoms with Crippen molar-refractivity contribution in [2.45, 2.75) is 65.6 Å². The Bertz CT molecular complexity index is 1330. The van der Waals surface area contributed by atoms with Gasteiger partial charge in [-0.15, -0.1) is 0 Å². The van der Waals surface area contributed by atoms with Gasteiger partial charge in [0.15, 0.2) is 0 Å². The van der Waals surface area contributed by atoms with Crippen LogP contribution in [0.5, 0.6) is 0 Å². The monoisotopic (exact) mass is 458 g/mol. The third kappa shape index (κ3) is 4.72. The molecule has 0 saturated heterocycles. The molecular formula is C22H27ClN6O3. The number of unbranched alkanes of at least 4 members (excludes halogenated alkanes) is 2. The normalized spacial score (nSPS) is 11.6. The zero-order valence-electron chi connectivity index (χ0n) is 18.3. The Kier molecular flexibility index (Phi) is 6.64. The highest BCUT2D eigenvalue weighted by Gasteiger charge is 2.15. The smallest absolute Gasteiger partial charge is 0.331 e. The molecule has 0 unspecified atom stereocenters. The maximum Gasteiger partial charge on any atom is 0.331 e. The van der Waals surface area contributed by atoms with Gasteiger partial charge in [-0.25, -0.2) is 4.79 Å². The van der Waals surface area contributed by atoms with E-state index in [1.807, 2.05) is 19.2 Å². The van der Waals surface area contributed by atoms with E-state index in [0.29, 0.717) is 48.7 Å². The lowest BCUT2D eigenvalue weighted by molar-refractivity contribution is 0.387. The number of hydrogen-bond acceptors (Lipinski definition) is 5. The number of rotatable bonds is 10. The second kappa shape index (κ2) is 9.60. The van der Waals surface area contributed by atoms with E-state index in [2.05, 4.69) is 22.2 Å². The van der Waals surface area contributed by atoms with Crippen LogP contribution in [0.2, 0.25) is 5.15 Å². The minimum atomic E-state index is -0.333. The third-order valence-electron chi connectivity index (χ3n) is 5.50. The standard InChI is InChI=1S/C22H27ClN6O3/c1-3-4-5-8-28-18-11-19(23)25-20(18)21(30)29(22(28)31)9-6-7-16-12-24-27(13-16)14-17-10-15(2)32-26-17/h10-13,25H,3-9,14H2,1-2H3. The molecule has 0 aromatic carbocycles. The summed E-state index contributed by atoms with van der Waals surface area (Å²) in [6, 6.07) is 3.53. The van der Waals surface area contributed by atoms with E-state index >= 15 is 0 Å². The summed E-state index contributed by atoms with van der Waals surface area (Å²) in [5, 5.41) is 8.70. The van der Waals surface area contributed by atoms with Crippen LogP contribution in [-0.2, 0) is 26.1 Å². The number of hydrogen-bond donors (Lipinski definition) is 1. The SMILES string of the molecule is CCCCCn1c(=O)n(CCCc2cnn(Cc3cc(C)on3)c2)c(=O)c2[nH]c(Cl)cc21. The van der Waals surface area contributed by atoms with Crippen LogP contribution in [0.3, 0.4) is 0 Å². The molecule has 170 valence electrons. The van der Waals surface area contributed by atoms with Crippen LogP contribution in [0, 0.1) is 6.92 Å². The average molecular weight is 459 g/mol. The molecule has 0 amide bonds. The van der Waals surface area contributed by atoms with Crippen LogP contribution < -0.4 is 11.2 Å². The number of nitrogens with one attached hydrogen (secondary N) is 1. The van der Waals surface area contributed by atoms with Gasteiger partial charge < -0.3 is 9.51 Å². The van der Waals surface area contributed by atoms with Crippen molar-refractivity contribution in [1.29, 1.82) is 0 Å². The molecule has 9 nitrogen and oxygen atoms in total. The molecule has 4 rings (SSSR count). The second-order valence-corrected chi connectivity index (χ2v) is 8.46. The minimum absolute atomic E-state index is 0.286. The number of aromatic amines is 1. The first kappa shape index (κ1) is 22.1. The lowest BCUT2D eigenvalue weighted by atomic mass is 10.2. The van der Waals surface area contributed by atoms with Crippen molar-refractivity contribution in [3.8, 4) is 0 Å². The topological polar surface area (TPSA) is 104 Å². The Balaban J connectivity index is 1.48. The highest BCUT2D eigenvalue weighted by molar-refractivity contribution is 6.30. The zero-order valence-corrected chi connectivity index (χ0v) is 19.1. The molecule has 4 aromatic rings. The predicted molar refractivity (Wildman–Crippen MR) is 122 cm³/mol. The molecule has 10 heteroatoms. The summed E-state index contributed by atoms with van der Waals surface area (Å²) in [5.74, 6) is 0.762. The van der Waals surface area contributed by atoms with E-state index in [1.165, 1.54) is 4.57 Å². The van der Waals surface area contributed by atoms with Gasteiger partial charge in [0.25, 0.3) is 5.56 Å². The van der Waals surface area contributed by atoms with Gasteiger partial charge in [-0.05, 0) is 37.8 Å². The summed E-state index contributed by atoms with van der Waals surface area (Å²) in [6.07, 6.45) is 8.02. The first-order valence-electron chi connectivity index (χ1n) is 10.9. The largest absolute Gasteiger partial charge is 0.361 e. The highest BCUT2D eigenvalue weighted by atomic mass is 35.5. The number of aromatic nitrogens is 6. The third-order valence-corrected chi connectivity index (χ3v) is 5.70. The Labute approximate surface area is 189 Å². The van der Waals surface area contributed by atoms with Crippen molar-refractivity contribution in [3.05, 3.63) is 67.5 Å². The number of H-pyrrole nitrogens is 1. The van der Waals surface area contributed by atoms with E-state index < -0.39 is 0 Å². The van der Waals surface area contributed by atoms with Crippen molar-refractivity contribution < 1.29 is 4.52 Å². The van der Waals surface area contributed by atoms with E-state index in [1.54, 1.807) is 21.5 Å². The maximum atomic E-state index is 13.1. The molecule has 1 N–H and O–H groups in total. The highest BCUT2D eigenvalue weighted by Crippen LogP contribution is 2.15. The number of aryl methyl sites for hydroxylation is 3. The van der Waals surface area contributed by atoms with E-state index in [0.717, 1.165) is 36.3 Å².